The minimum atomic E-state index is -0.0478. The quantitative estimate of drug-likeness (QED) is 0.463. The number of aliphatic imine (C=N–C) groups is 2. The summed E-state index contributed by atoms with van der Waals surface area (Å²) in [5.41, 5.74) is 11.5. The van der Waals surface area contributed by atoms with Gasteiger partial charge in [-0.3, -0.25) is 4.99 Å². The predicted octanol–water partition coefficient (Wildman–Crippen LogP) is 4.10. The van der Waals surface area contributed by atoms with Crippen LogP contribution in [0.2, 0.25) is 0 Å². The Balaban J connectivity index is 1.51. The first kappa shape index (κ1) is 20.1. The van der Waals surface area contributed by atoms with Crippen molar-refractivity contribution >= 4 is 17.7 Å². The van der Waals surface area contributed by atoms with Crippen LogP contribution in [-0.4, -0.2) is 16.6 Å². The van der Waals surface area contributed by atoms with Crippen molar-refractivity contribution in [3.8, 4) is 5.75 Å². The van der Waals surface area contributed by atoms with E-state index in [1.165, 1.54) is 0 Å². The molecule has 3 aromatic carbocycles. The lowest BCUT2D eigenvalue weighted by molar-refractivity contribution is -0.749. The summed E-state index contributed by atoms with van der Waals surface area (Å²) in [6.07, 6.45) is 5.32. The second-order valence-corrected chi connectivity index (χ2v) is 7.73. The van der Waals surface area contributed by atoms with E-state index in [1.807, 2.05) is 85.1 Å². The molecular formula is C26H24N5O+. The molecule has 3 aromatic rings. The number of nitrogens with two attached hydrogens (primary N) is 2. The fourth-order valence-corrected chi connectivity index (χ4v) is 3.90. The summed E-state index contributed by atoms with van der Waals surface area (Å²) in [6, 6.07) is 26.0. The van der Waals surface area contributed by atoms with Crippen molar-refractivity contribution in [2.45, 2.75) is 13.2 Å². The molecule has 0 bridgehead atoms. The van der Waals surface area contributed by atoms with Crippen LogP contribution < -0.4 is 16.3 Å². The monoisotopic (exact) mass is 422 g/mol. The van der Waals surface area contributed by atoms with E-state index in [1.54, 1.807) is 12.4 Å². The molecule has 0 saturated carbocycles. The molecule has 2 heterocycles. The molecule has 2 aliphatic heterocycles. The molecule has 1 unspecified atom stereocenters. The van der Waals surface area contributed by atoms with E-state index in [2.05, 4.69) is 4.99 Å². The number of amidine groups is 1. The third kappa shape index (κ3) is 3.67. The Hall–Kier alpha value is -3.84. The summed E-state index contributed by atoms with van der Waals surface area (Å²) in [7, 11) is 0. The zero-order chi connectivity index (χ0) is 22.0. The number of ether oxygens (including phenoxy) is 1. The molecule has 6 nitrogen and oxygen atoms in total. The van der Waals surface area contributed by atoms with E-state index >= 15 is 0 Å². The molecule has 0 aromatic heterocycles. The molecule has 0 aliphatic carbocycles. The molecule has 0 fully saturated rings. The maximum atomic E-state index is 6.86. The SMILES string of the molecule is NCc1cccc(C2=C3C=NC=C[N+]3(N)C(c3cccc(OCc4ccccc4)c3)=N2)c1. The van der Waals surface area contributed by atoms with E-state index in [4.69, 9.17) is 21.3 Å². The maximum absolute atomic E-state index is 6.86. The van der Waals surface area contributed by atoms with Crippen molar-refractivity contribution in [1.29, 1.82) is 0 Å². The molecule has 4 N–H and O–H groups in total. The van der Waals surface area contributed by atoms with Gasteiger partial charge >= 0.3 is 0 Å². The normalized spacial score (nSPS) is 19.1. The van der Waals surface area contributed by atoms with Crippen LogP contribution in [0.25, 0.3) is 5.70 Å². The van der Waals surface area contributed by atoms with Crippen LogP contribution in [0, 0.1) is 0 Å². The van der Waals surface area contributed by atoms with E-state index in [0.717, 1.165) is 39.4 Å². The zero-order valence-corrected chi connectivity index (χ0v) is 17.6. The van der Waals surface area contributed by atoms with Gasteiger partial charge in [0.05, 0.1) is 18.0 Å². The average molecular weight is 423 g/mol. The molecule has 0 spiro atoms. The van der Waals surface area contributed by atoms with Crippen LogP contribution in [0.1, 0.15) is 22.3 Å². The van der Waals surface area contributed by atoms with Crippen LogP contribution >= 0.6 is 0 Å². The predicted molar refractivity (Wildman–Crippen MR) is 127 cm³/mol. The van der Waals surface area contributed by atoms with Crippen molar-refractivity contribution in [3.05, 3.63) is 119 Å². The Kier molecular flexibility index (Phi) is 5.25. The standard InChI is InChI=1S/C26H24N5O/c27-16-20-8-4-9-21(14-20)25-24-17-29-12-13-31(24,28)26(30-25)22-10-5-11-23(15-22)32-18-19-6-2-1-3-7-19/h1-15,17H,16,18,27-28H2/q+1. The number of hydrogen-bond donors (Lipinski definition) is 2. The number of rotatable bonds is 6. The highest BCUT2D eigenvalue weighted by Crippen LogP contribution is 2.36. The molecule has 0 saturated heterocycles. The number of fused-ring (bicyclic) bond motifs is 1. The lowest BCUT2D eigenvalue weighted by Crippen LogP contribution is -2.53. The smallest absolute Gasteiger partial charge is 0.265 e. The Bertz CT molecular complexity index is 1280. The third-order valence-corrected chi connectivity index (χ3v) is 5.57. The van der Waals surface area contributed by atoms with Crippen molar-refractivity contribution in [2.24, 2.45) is 21.6 Å². The molecule has 32 heavy (non-hydrogen) atoms. The van der Waals surface area contributed by atoms with Gasteiger partial charge in [-0.05, 0) is 35.4 Å². The van der Waals surface area contributed by atoms with Crippen LogP contribution in [0.4, 0.5) is 0 Å². The van der Waals surface area contributed by atoms with Gasteiger partial charge in [0.2, 0.25) is 5.70 Å². The van der Waals surface area contributed by atoms with E-state index in [9.17, 15) is 0 Å². The highest BCUT2D eigenvalue weighted by Gasteiger charge is 2.44. The molecule has 2 aliphatic rings. The first-order chi connectivity index (χ1) is 15.7. The number of nitrogens with zero attached hydrogens (tertiary/aromatic N) is 3. The number of benzene rings is 3. The van der Waals surface area contributed by atoms with E-state index in [0.29, 0.717) is 19.0 Å². The van der Waals surface area contributed by atoms with Crippen molar-refractivity contribution in [3.63, 3.8) is 0 Å². The molecular weight excluding hydrogens is 398 g/mol. The van der Waals surface area contributed by atoms with Gasteiger partial charge in [-0.15, -0.1) is 4.59 Å². The van der Waals surface area contributed by atoms with Gasteiger partial charge in [-0.2, -0.15) is 10.8 Å². The Morgan fingerprint density at radius 3 is 2.47 bits per heavy atom. The summed E-state index contributed by atoms with van der Waals surface area (Å²) in [6.45, 7) is 0.955. The minimum absolute atomic E-state index is 0.0478. The Morgan fingerprint density at radius 1 is 0.844 bits per heavy atom. The van der Waals surface area contributed by atoms with Crippen molar-refractivity contribution in [2.75, 3.05) is 0 Å². The molecule has 5 rings (SSSR count). The van der Waals surface area contributed by atoms with Gasteiger partial charge in [-0.25, -0.2) is 0 Å². The summed E-state index contributed by atoms with van der Waals surface area (Å²) >= 11 is 0. The van der Waals surface area contributed by atoms with Gasteiger partial charge in [0.25, 0.3) is 5.84 Å². The van der Waals surface area contributed by atoms with Gasteiger partial charge < -0.3 is 10.5 Å². The molecule has 158 valence electrons. The lowest BCUT2D eigenvalue weighted by atomic mass is 10.1. The van der Waals surface area contributed by atoms with Crippen LogP contribution in [0.3, 0.4) is 0 Å². The molecule has 6 heteroatoms. The number of hydrogen-bond acceptors (Lipinski definition) is 5. The number of quaternary nitrogens is 1. The van der Waals surface area contributed by atoms with Gasteiger partial charge in [0.1, 0.15) is 24.3 Å². The summed E-state index contributed by atoms with van der Waals surface area (Å²) in [5.74, 6) is 8.33. The van der Waals surface area contributed by atoms with E-state index < -0.39 is 0 Å². The largest absolute Gasteiger partial charge is 0.489 e. The summed E-state index contributed by atoms with van der Waals surface area (Å²) in [5, 5.41) is 0. The number of allylic oxidation sites excluding steroid dienone is 1. The summed E-state index contributed by atoms with van der Waals surface area (Å²) in [4.78, 5) is 9.29. The van der Waals surface area contributed by atoms with Crippen LogP contribution in [0.15, 0.2) is 107 Å². The second kappa shape index (κ2) is 8.36. The van der Waals surface area contributed by atoms with E-state index in [-0.39, 0.29) is 4.59 Å². The van der Waals surface area contributed by atoms with Gasteiger partial charge in [-0.1, -0.05) is 54.6 Å². The zero-order valence-electron chi connectivity index (χ0n) is 17.6. The third-order valence-electron chi connectivity index (χ3n) is 5.57. The molecule has 0 radical (unpaired) electrons. The first-order valence-corrected chi connectivity index (χ1v) is 10.5. The van der Waals surface area contributed by atoms with Crippen molar-refractivity contribution in [1.82, 2.24) is 0 Å². The highest BCUT2D eigenvalue weighted by atomic mass is 16.5. The summed E-state index contributed by atoms with van der Waals surface area (Å²) < 4.78 is 5.98. The fraction of sp³-hybridized carbons (Fsp3) is 0.0769. The molecule has 0 amide bonds. The maximum Gasteiger partial charge on any atom is 0.265 e. The second-order valence-electron chi connectivity index (χ2n) is 7.73. The Labute approximate surface area is 187 Å². The topological polar surface area (TPSA) is 86.0 Å². The lowest BCUT2D eigenvalue weighted by Gasteiger charge is -2.26. The van der Waals surface area contributed by atoms with Crippen LogP contribution in [0.5, 0.6) is 5.75 Å². The van der Waals surface area contributed by atoms with Gasteiger partial charge in [0.15, 0.2) is 0 Å². The highest BCUT2D eigenvalue weighted by molar-refractivity contribution is 6.06. The van der Waals surface area contributed by atoms with Crippen LogP contribution in [-0.2, 0) is 13.2 Å². The minimum Gasteiger partial charge on any atom is -0.489 e. The average Bonchev–Trinajstić information content (AvgIpc) is 3.16. The Morgan fingerprint density at radius 2 is 1.62 bits per heavy atom. The van der Waals surface area contributed by atoms with Gasteiger partial charge in [0, 0.05) is 12.1 Å². The first-order valence-electron chi connectivity index (χ1n) is 10.5. The molecule has 1 atom stereocenters. The van der Waals surface area contributed by atoms with Crippen molar-refractivity contribution < 1.29 is 9.33 Å². The fourth-order valence-electron chi connectivity index (χ4n) is 3.90.